The third-order valence-corrected chi connectivity index (χ3v) is 7.38. The highest BCUT2D eigenvalue weighted by atomic mass is 32.2. The number of hydrogen-bond donors (Lipinski definition) is 2. The number of aromatic amines is 1. The molecule has 2 aromatic carbocycles. The number of rotatable bonds is 5. The van der Waals surface area contributed by atoms with Crippen LogP contribution in [0.2, 0.25) is 0 Å². The number of non-ortho nitro benzene ring substituents is 1. The summed E-state index contributed by atoms with van der Waals surface area (Å²) in [6, 6.07) is 12.3. The van der Waals surface area contributed by atoms with Gasteiger partial charge < -0.3 is 10.3 Å². The predicted molar refractivity (Wildman–Crippen MR) is 134 cm³/mol. The maximum absolute atomic E-state index is 15.0. The number of nitrogens with zero attached hydrogens (tertiary/aromatic N) is 2. The normalized spacial score (nSPS) is 18.3. The summed E-state index contributed by atoms with van der Waals surface area (Å²) in [4.78, 5) is 44.4. The van der Waals surface area contributed by atoms with Crippen molar-refractivity contribution in [3.8, 4) is 0 Å². The number of Topliss-reactive ketones (excluding diaryl/α,β-unsaturated/α-hetero) is 1. The summed E-state index contributed by atoms with van der Waals surface area (Å²) >= 11 is 1.27. The van der Waals surface area contributed by atoms with E-state index >= 15 is 0 Å². The number of halogens is 1. The number of thioether (sulfide) groups is 1. The number of carbonyl (C=O) groups is 1. The Labute approximate surface area is 210 Å². The lowest BCUT2D eigenvalue weighted by Gasteiger charge is -2.38. The van der Waals surface area contributed by atoms with E-state index in [-0.39, 0.29) is 28.0 Å². The fourth-order valence-corrected chi connectivity index (χ4v) is 5.66. The van der Waals surface area contributed by atoms with Crippen LogP contribution in [0.1, 0.15) is 49.3 Å². The number of allylic oxidation sites excluding steroid dienone is 2. The van der Waals surface area contributed by atoms with Gasteiger partial charge in [-0.1, -0.05) is 55.9 Å². The van der Waals surface area contributed by atoms with E-state index in [1.807, 2.05) is 13.8 Å². The number of H-pyrrole nitrogens is 1. The fourth-order valence-electron chi connectivity index (χ4n) is 4.85. The van der Waals surface area contributed by atoms with Crippen LogP contribution < -0.4 is 10.9 Å². The summed E-state index contributed by atoms with van der Waals surface area (Å²) in [6.45, 7) is 4.00. The van der Waals surface area contributed by atoms with Crippen molar-refractivity contribution in [2.75, 3.05) is 5.32 Å². The first-order chi connectivity index (χ1) is 17.1. The highest BCUT2D eigenvalue weighted by Crippen LogP contribution is 2.48. The molecule has 0 fully saturated rings. The molecule has 184 valence electrons. The minimum Gasteiger partial charge on any atom is -0.343 e. The van der Waals surface area contributed by atoms with Crippen LogP contribution in [0.3, 0.4) is 0 Å². The first kappa shape index (κ1) is 23.9. The van der Waals surface area contributed by atoms with E-state index in [0.29, 0.717) is 40.8 Å². The van der Waals surface area contributed by atoms with Crippen LogP contribution in [0.4, 0.5) is 15.9 Å². The number of ketones is 1. The SMILES string of the molecule is CC1(C)CC(=O)C2=C(C1)Nc1nc(SCc3ccc([N+](=O)[O-])cc3)[nH]c(=O)c1C2c1ccccc1F. The second kappa shape index (κ2) is 9.02. The molecule has 1 atom stereocenters. The average Bonchev–Trinajstić information content (AvgIpc) is 2.81. The first-order valence-corrected chi connectivity index (χ1v) is 12.4. The van der Waals surface area contributed by atoms with Crippen LogP contribution in [0.25, 0.3) is 0 Å². The van der Waals surface area contributed by atoms with Crippen molar-refractivity contribution in [1.29, 1.82) is 0 Å². The van der Waals surface area contributed by atoms with Gasteiger partial charge in [0.15, 0.2) is 10.9 Å². The Hall–Kier alpha value is -3.79. The van der Waals surface area contributed by atoms with Gasteiger partial charge in [-0.3, -0.25) is 19.7 Å². The molecule has 10 heteroatoms. The lowest BCUT2D eigenvalue weighted by Crippen LogP contribution is -2.37. The summed E-state index contributed by atoms with van der Waals surface area (Å²) in [5.74, 6) is -0.719. The molecule has 1 aromatic heterocycles. The lowest BCUT2D eigenvalue weighted by molar-refractivity contribution is -0.384. The van der Waals surface area contributed by atoms with Gasteiger partial charge in [0.2, 0.25) is 0 Å². The van der Waals surface area contributed by atoms with Crippen LogP contribution in [0, 0.1) is 21.3 Å². The monoisotopic (exact) mass is 506 g/mol. The van der Waals surface area contributed by atoms with E-state index in [2.05, 4.69) is 15.3 Å². The zero-order valence-corrected chi connectivity index (χ0v) is 20.4. The van der Waals surface area contributed by atoms with Gasteiger partial charge in [-0.25, -0.2) is 9.37 Å². The Morgan fingerprint density at radius 3 is 2.56 bits per heavy atom. The highest BCUT2D eigenvalue weighted by molar-refractivity contribution is 7.98. The number of nitro groups is 1. The van der Waals surface area contributed by atoms with Gasteiger partial charge >= 0.3 is 0 Å². The highest BCUT2D eigenvalue weighted by Gasteiger charge is 2.43. The average molecular weight is 507 g/mol. The van der Waals surface area contributed by atoms with E-state index in [1.165, 1.54) is 30.0 Å². The standard InChI is InChI=1S/C26H23FN4O4S/c1-26(2)11-18-21(19(32)12-26)20(16-5-3-4-6-17(16)27)22-23(28-18)29-25(30-24(22)33)36-13-14-7-9-15(10-8-14)31(34)35/h3-10,20H,11-13H2,1-2H3,(H2,28,29,30,33). The lowest BCUT2D eigenvalue weighted by atomic mass is 9.69. The second-order valence-corrected chi connectivity index (χ2v) is 10.7. The minimum atomic E-state index is -0.856. The summed E-state index contributed by atoms with van der Waals surface area (Å²) in [6.07, 6.45) is 0.876. The zero-order chi connectivity index (χ0) is 25.6. The molecule has 0 radical (unpaired) electrons. The molecule has 0 saturated carbocycles. The molecule has 0 saturated heterocycles. The molecule has 1 aliphatic heterocycles. The number of nitrogens with one attached hydrogen (secondary N) is 2. The van der Waals surface area contributed by atoms with Crippen LogP contribution in [-0.2, 0) is 10.5 Å². The second-order valence-electron chi connectivity index (χ2n) is 9.76. The van der Waals surface area contributed by atoms with Gasteiger partial charge in [0.25, 0.3) is 11.2 Å². The van der Waals surface area contributed by atoms with Crippen molar-refractivity contribution < 1.29 is 14.1 Å². The molecule has 2 heterocycles. The van der Waals surface area contributed by atoms with Gasteiger partial charge in [-0.2, -0.15) is 0 Å². The van der Waals surface area contributed by atoms with Crippen molar-refractivity contribution in [2.45, 2.75) is 43.5 Å². The Bertz CT molecular complexity index is 1480. The van der Waals surface area contributed by atoms with Crippen molar-refractivity contribution >= 4 is 29.1 Å². The summed E-state index contributed by atoms with van der Waals surface area (Å²) < 4.78 is 15.0. The maximum Gasteiger partial charge on any atom is 0.269 e. The smallest absolute Gasteiger partial charge is 0.269 e. The number of carbonyl (C=O) groups excluding carboxylic acids is 1. The Kier molecular flexibility index (Phi) is 5.99. The third kappa shape index (κ3) is 4.44. The molecule has 2 N–H and O–H groups in total. The molecule has 5 rings (SSSR count). The van der Waals surface area contributed by atoms with Gasteiger partial charge in [0.05, 0.1) is 16.4 Å². The molecular weight excluding hydrogens is 483 g/mol. The van der Waals surface area contributed by atoms with Gasteiger partial charge in [0, 0.05) is 41.1 Å². The molecule has 36 heavy (non-hydrogen) atoms. The van der Waals surface area contributed by atoms with Gasteiger partial charge in [-0.15, -0.1) is 0 Å². The van der Waals surface area contributed by atoms with E-state index < -0.39 is 22.2 Å². The number of aromatic nitrogens is 2. The Morgan fingerprint density at radius 1 is 1.14 bits per heavy atom. The zero-order valence-electron chi connectivity index (χ0n) is 19.6. The predicted octanol–water partition coefficient (Wildman–Crippen LogP) is 5.31. The van der Waals surface area contributed by atoms with Crippen molar-refractivity contribution in [3.05, 3.63) is 103 Å². The summed E-state index contributed by atoms with van der Waals surface area (Å²) in [5.41, 5.74) is 1.66. The molecule has 0 bridgehead atoms. The molecule has 0 spiro atoms. The molecule has 0 amide bonds. The van der Waals surface area contributed by atoms with Crippen molar-refractivity contribution in [2.24, 2.45) is 5.41 Å². The van der Waals surface area contributed by atoms with Crippen LogP contribution in [0.5, 0.6) is 0 Å². The maximum atomic E-state index is 15.0. The van der Waals surface area contributed by atoms with E-state index in [1.54, 1.807) is 30.3 Å². The van der Waals surface area contributed by atoms with E-state index in [4.69, 9.17) is 0 Å². The first-order valence-electron chi connectivity index (χ1n) is 11.4. The summed E-state index contributed by atoms with van der Waals surface area (Å²) in [7, 11) is 0. The molecule has 8 nitrogen and oxygen atoms in total. The van der Waals surface area contributed by atoms with Gasteiger partial charge in [-0.05, 0) is 23.5 Å². The Balaban J connectivity index is 1.54. The number of hydrogen-bond acceptors (Lipinski definition) is 7. The van der Waals surface area contributed by atoms with Gasteiger partial charge in [0.1, 0.15) is 11.6 Å². The van der Waals surface area contributed by atoms with E-state index in [9.17, 15) is 24.1 Å². The van der Waals surface area contributed by atoms with Crippen LogP contribution in [0.15, 0.2) is 69.8 Å². The van der Waals surface area contributed by atoms with Crippen LogP contribution >= 0.6 is 11.8 Å². The number of fused-ring (bicyclic) bond motifs is 1. The number of anilines is 1. The largest absolute Gasteiger partial charge is 0.343 e. The number of nitro benzene ring substituents is 1. The quantitative estimate of drug-likeness (QED) is 0.208. The summed E-state index contributed by atoms with van der Waals surface area (Å²) in [5, 5.41) is 14.4. The molecule has 1 aliphatic carbocycles. The van der Waals surface area contributed by atoms with E-state index in [0.717, 1.165) is 5.56 Å². The van der Waals surface area contributed by atoms with Crippen molar-refractivity contribution in [1.82, 2.24) is 9.97 Å². The topological polar surface area (TPSA) is 118 Å². The van der Waals surface area contributed by atoms with Crippen LogP contribution in [-0.4, -0.2) is 20.7 Å². The molecule has 3 aromatic rings. The molecule has 2 aliphatic rings. The fraction of sp³-hybridized carbons (Fsp3) is 0.269. The van der Waals surface area contributed by atoms with Crippen molar-refractivity contribution in [3.63, 3.8) is 0 Å². The Morgan fingerprint density at radius 2 is 1.86 bits per heavy atom. The third-order valence-electron chi connectivity index (χ3n) is 6.44. The number of benzene rings is 2. The minimum absolute atomic E-state index is 0.00137. The molecule has 1 unspecified atom stereocenters. The molecular formula is C26H23FN4O4S.